The number of halogens is 2. The van der Waals surface area contributed by atoms with Crippen molar-refractivity contribution in [3.05, 3.63) is 82.8 Å². The highest BCUT2D eigenvalue weighted by Gasteiger charge is 2.43. The topological polar surface area (TPSA) is 65.5 Å². The summed E-state index contributed by atoms with van der Waals surface area (Å²) in [6, 6.07) is 21.7. The molecule has 5 rings (SSSR count). The molecule has 4 aromatic rings. The first-order valence-corrected chi connectivity index (χ1v) is 11.4. The number of aromatic nitrogens is 1. The van der Waals surface area contributed by atoms with Crippen LogP contribution >= 0.6 is 34.5 Å². The first-order chi connectivity index (χ1) is 15.5. The number of rotatable bonds is 4. The van der Waals surface area contributed by atoms with Gasteiger partial charge in [0, 0.05) is 10.0 Å². The molecule has 3 aromatic carbocycles. The molecule has 2 amide bonds. The van der Waals surface area contributed by atoms with Crippen LogP contribution in [0, 0.1) is 5.92 Å². The Morgan fingerprint density at radius 3 is 2.38 bits per heavy atom. The Kier molecular flexibility index (Phi) is 5.46. The van der Waals surface area contributed by atoms with Crippen molar-refractivity contribution in [1.82, 2.24) is 4.98 Å². The third-order valence-corrected chi connectivity index (χ3v) is 6.53. The second-order valence-corrected chi connectivity index (χ2v) is 9.12. The third kappa shape index (κ3) is 3.90. The number of hydrogen-bond donors (Lipinski definition) is 1. The zero-order valence-corrected chi connectivity index (χ0v) is 18.9. The highest BCUT2D eigenvalue weighted by molar-refractivity contribution is 7.22. The van der Waals surface area contributed by atoms with Gasteiger partial charge in [-0.05, 0) is 48.5 Å². The number of hydrazine groups is 1. The van der Waals surface area contributed by atoms with E-state index in [2.05, 4.69) is 10.3 Å². The maximum atomic E-state index is 13.4. The maximum Gasteiger partial charge on any atom is 0.260 e. The number of carbonyl (C=O) groups excluding carboxylic acids is 2. The molecule has 1 saturated heterocycles. The minimum Gasteiger partial charge on any atom is -0.301 e. The van der Waals surface area contributed by atoms with Gasteiger partial charge in [-0.3, -0.25) is 14.6 Å². The van der Waals surface area contributed by atoms with Crippen molar-refractivity contribution in [1.29, 1.82) is 0 Å². The van der Waals surface area contributed by atoms with E-state index >= 15 is 0 Å². The first-order valence-electron chi connectivity index (χ1n) is 9.78. The second-order valence-electron chi connectivity index (χ2n) is 7.22. The van der Waals surface area contributed by atoms with E-state index in [1.165, 1.54) is 16.3 Å². The lowest BCUT2D eigenvalue weighted by atomic mass is 10.1. The summed E-state index contributed by atoms with van der Waals surface area (Å²) in [5, 5.41) is 7.50. The molecule has 0 aliphatic carbocycles. The Labute approximate surface area is 198 Å². The van der Waals surface area contributed by atoms with E-state index in [-0.39, 0.29) is 12.5 Å². The quantitative estimate of drug-likeness (QED) is 0.383. The van der Waals surface area contributed by atoms with Gasteiger partial charge in [-0.2, -0.15) is 0 Å². The van der Waals surface area contributed by atoms with Gasteiger partial charge in [-0.25, -0.2) is 9.99 Å². The van der Waals surface area contributed by atoms with Gasteiger partial charge in [0.15, 0.2) is 5.13 Å². The summed E-state index contributed by atoms with van der Waals surface area (Å²) >= 11 is 13.7. The van der Waals surface area contributed by atoms with Gasteiger partial charge in [0.25, 0.3) is 5.91 Å². The van der Waals surface area contributed by atoms with Crippen LogP contribution in [-0.4, -0.2) is 23.3 Å². The Morgan fingerprint density at radius 1 is 0.969 bits per heavy atom. The first kappa shape index (κ1) is 20.8. The molecular weight excluding hydrogens is 467 g/mol. The molecule has 6 nitrogen and oxygen atoms in total. The molecule has 0 radical (unpaired) electrons. The van der Waals surface area contributed by atoms with E-state index in [1.54, 1.807) is 47.5 Å². The molecule has 1 fully saturated rings. The third-order valence-electron chi connectivity index (χ3n) is 5.10. The number of benzene rings is 3. The van der Waals surface area contributed by atoms with Gasteiger partial charge in [0.2, 0.25) is 5.91 Å². The smallest absolute Gasteiger partial charge is 0.260 e. The molecule has 1 aliphatic heterocycles. The summed E-state index contributed by atoms with van der Waals surface area (Å²) in [6.45, 7) is 0.155. The van der Waals surface area contributed by atoms with Crippen LogP contribution in [0.2, 0.25) is 10.0 Å². The fourth-order valence-electron chi connectivity index (χ4n) is 3.64. The maximum absolute atomic E-state index is 13.4. The van der Waals surface area contributed by atoms with Crippen molar-refractivity contribution >= 4 is 73.1 Å². The predicted molar refractivity (Wildman–Crippen MR) is 129 cm³/mol. The average Bonchev–Trinajstić information content (AvgIpc) is 3.34. The SMILES string of the molecule is O=C(Nc1nc2ccccc2s1)C1CN(c2cccc(Cl)c2)N(c2cccc(Cl)c2)C1=O. The number of nitrogens with one attached hydrogen (secondary N) is 1. The molecule has 9 heteroatoms. The lowest BCUT2D eigenvalue weighted by Crippen LogP contribution is -2.39. The lowest BCUT2D eigenvalue weighted by Gasteiger charge is -2.29. The molecule has 0 saturated carbocycles. The molecule has 0 spiro atoms. The van der Waals surface area contributed by atoms with E-state index in [0.717, 1.165) is 10.2 Å². The summed E-state index contributed by atoms with van der Waals surface area (Å²) < 4.78 is 0.960. The molecule has 1 aliphatic rings. The molecule has 0 bridgehead atoms. The van der Waals surface area contributed by atoms with Crippen LogP contribution < -0.4 is 15.3 Å². The summed E-state index contributed by atoms with van der Waals surface area (Å²) in [6.07, 6.45) is 0. The lowest BCUT2D eigenvalue weighted by molar-refractivity contribution is -0.128. The van der Waals surface area contributed by atoms with E-state index in [9.17, 15) is 9.59 Å². The summed E-state index contributed by atoms with van der Waals surface area (Å²) in [7, 11) is 0. The van der Waals surface area contributed by atoms with Crippen LogP contribution in [0.4, 0.5) is 16.5 Å². The standard InChI is InChI=1S/C23H16Cl2N4O2S/c24-14-5-3-7-16(11-14)28-13-18(22(31)29(28)17-8-4-6-15(25)12-17)21(30)27-23-26-19-9-1-2-10-20(19)32-23/h1-12,18H,13H2,(H,26,27,30). The van der Waals surface area contributed by atoms with E-state index < -0.39 is 11.8 Å². The summed E-state index contributed by atoms with van der Waals surface area (Å²) in [5.74, 6) is -1.70. The Hall–Kier alpha value is -3.13. The van der Waals surface area contributed by atoms with Gasteiger partial charge in [-0.1, -0.05) is 58.8 Å². The number of carbonyl (C=O) groups is 2. The minimum atomic E-state index is -0.931. The Balaban J connectivity index is 1.47. The van der Waals surface area contributed by atoms with Gasteiger partial charge < -0.3 is 5.32 Å². The van der Waals surface area contributed by atoms with Crippen molar-refractivity contribution < 1.29 is 9.59 Å². The van der Waals surface area contributed by atoms with Crippen LogP contribution in [0.1, 0.15) is 0 Å². The van der Waals surface area contributed by atoms with Gasteiger partial charge >= 0.3 is 0 Å². The summed E-state index contributed by atoms with van der Waals surface area (Å²) in [4.78, 5) is 31.0. The van der Waals surface area contributed by atoms with Gasteiger partial charge in [-0.15, -0.1) is 0 Å². The number of thiazole rings is 1. The number of fused-ring (bicyclic) bond motifs is 1. The number of amides is 2. The number of hydrogen-bond acceptors (Lipinski definition) is 5. The predicted octanol–water partition coefficient (Wildman–Crippen LogP) is 5.63. The summed E-state index contributed by atoms with van der Waals surface area (Å²) in [5.41, 5.74) is 2.06. The normalized spacial score (nSPS) is 16.1. The average molecular weight is 483 g/mol. The molecule has 160 valence electrons. The molecule has 2 heterocycles. The van der Waals surface area contributed by atoms with Crippen LogP contribution in [0.15, 0.2) is 72.8 Å². The number of anilines is 3. The van der Waals surface area contributed by atoms with Crippen molar-refractivity contribution in [2.75, 3.05) is 21.9 Å². The monoisotopic (exact) mass is 482 g/mol. The van der Waals surface area contributed by atoms with Crippen molar-refractivity contribution in [2.45, 2.75) is 0 Å². The van der Waals surface area contributed by atoms with Crippen LogP contribution in [-0.2, 0) is 9.59 Å². The van der Waals surface area contributed by atoms with Crippen molar-refractivity contribution in [2.24, 2.45) is 5.92 Å². The molecule has 1 unspecified atom stereocenters. The zero-order valence-electron chi connectivity index (χ0n) is 16.5. The largest absolute Gasteiger partial charge is 0.301 e. The molecule has 1 atom stereocenters. The molecule has 32 heavy (non-hydrogen) atoms. The number of para-hydroxylation sites is 1. The fourth-order valence-corrected chi connectivity index (χ4v) is 4.88. The Bertz CT molecular complexity index is 1310. The van der Waals surface area contributed by atoms with Crippen LogP contribution in [0.5, 0.6) is 0 Å². The van der Waals surface area contributed by atoms with Crippen LogP contribution in [0.3, 0.4) is 0 Å². The Morgan fingerprint density at radius 2 is 1.66 bits per heavy atom. The highest BCUT2D eigenvalue weighted by Crippen LogP contribution is 2.34. The molecule has 1 N–H and O–H groups in total. The molecular formula is C23H16Cl2N4O2S. The van der Waals surface area contributed by atoms with Crippen molar-refractivity contribution in [3.63, 3.8) is 0 Å². The van der Waals surface area contributed by atoms with E-state index in [4.69, 9.17) is 23.2 Å². The van der Waals surface area contributed by atoms with E-state index in [0.29, 0.717) is 26.6 Å². The van der Waals surface area contributed by atoms with Gasteiger partial charge in [0.05, 0.1) is 28.1 Å². The van der Waals surface area contributed by atoms with Crippen molar-refractivity contribution in [3.8, 4) is 0 Å². The van der Waals surface area contributed by atoms with Crippen LogP contribution in [0.25, 0.3) is 10.2 Å². The number of nitrogens with zero attached hydrogens (tertiary/aromatic N) is 3. The zero-order chi connectivity index (χ0) is 22.2. The fraction of sp³-hybridized carbons (Fsp3) is 0.0870. The second kappa shape index (κ2) is 8.43. The highest BCUT2D eigenvalue weighted by atomic mass is 35.5. The van der Waals surface area contributed by atoms with E-state index in [1.807, 2.05) is 30.3 Å². The minimum absolute atomic E-state index is 0.155. The molecule has 1 aromatic heterocycles. The van der Waals surface area contributed by atoms with Gasteiger partial charge in [0.1, 0.15) is 5.92 Å².